The molecule has 12 heteroatoms. The molecule has 0 saturated carbocycles. The first kappa shape index (κ1) is 31.3. The second kappa shape index (κ2) is 13.6. The van der Waals surface area contributed by atoms with Gasteiger partial charge >= 0.3 is 5.69 Å². The maximum Gasteiger partial charge on any atom is 0.332 e. The van der Waals surface area contributed by atoms with E-state index in [9.17, 15) is 18.8 Å². The van der Waals surface area contributed by atoms with Crippen molar-refractivity contribution < 1.29 is 23.4 Å². The standard InChI is InChI=1S/C30H37FN4O6S/c1-18(2)15-23(36)20(4)35-27(37)26-19(3)28(34-12-7-11-32-34)42-29(26)33(30(35)38)17-25(41-14-8-13-39-5)22-16-21(31)9-10-24(22)40-6/h7,9-12,16,18,20,25H,8,13-15,17H2,1-6H3/t20?,25-/m0/s1. The summed E-state index contributed by atoms with van der Waals surface area (Å²) in [5.74, 6) is -0.249. The molecule has 0 spiro atoms. The van der Waals surface area contributed by atoms with E-state index in [1.165, 1.54) is 41.2 Å². The summed E-state index contributed by atoms with van der Waals surface area (Å²) in [4.78, 5) is 41.7. The lowest BCUT2D eigenvalue weighted by Crippen LogP contribution is -2.44. The normalized spacial score (nSPS) is 13.1. The molecule has 42 heavy (non-hydrogen) atoms. The molecule has 4 rings (SSSR count). The minimum atomic E-state index is -0.986. The first-order chi connectivity index (χ1) is 20.1. The zero-order valence-electron chi connectivity index (χ0n) is 24.8. The second-order valence-corrected chi connectivity index (χ2v) is 11.5. The lowest BCUT2D eigenvalue weighted by Gasteiger charge is -2.23. The van der Waals surface area contributed by atoms with Gasteiger partial charge in [0.1, 0.15) is 27.5 Å². The highest BCUT2D eigenvalue weighted by atomic mass is 32.1. The summed E-state index contributed by atoms with van der Waals surface area (Å²) in [5.41, 5.74) is -0.136. The smallest absolute Gasteiger partial charge is 0.332 e. The van der Waals surface area contributed by atoms with Crippen molar-refractivity contribution in [2.45, 2.75) is 59.2 Å². The van der Waals surface area contributed by atoms with E-state index in [4.69, 9.17) is 14.2 Å². The fourth-order valence-corrected chi connectivity index (χ4v) is 6.22. The summed E-state index contributed by atoms with van der Waals surface area (Å²) < 4.78 is 35.5. The molecule has 3 heterocycles. The molecular formula is C30H37FN4O6S. The van der Waals surface area contributed by atoms with E-state index < -0.39 is 29.2 Å². The van der Waals surface area contributed by atoms with Gasteiger partial charge in [-0.25, -0.2) is 18.4 Å². The van der Waals surface area contributed by atoms with Gasteiger partial charge in [0.15, 0.2) is 5.78 Å². The molecule has 0 bridgehead atoms. The zero-order valence-corrected chi connectivity index (χ0v) is 25.6. The minimum Gasteiger partial charge on any atom is -0.496 e. The van der Waals surface area contributed by atoms with Gasteiger partial charge < -0.3 is 14.2 Å². The van der Waals surface area contributed by atoms with E-state index in [0.717, 1.165) is 4.57 Å². The number of ether oxygens (including phenoxy) is 3. The number of halogens is 1. The van der Waals surface area contributed by atoms with E-state index in [0.29, 0.717) is 45.1 Å². The van der Waals surface area contributed by atoms with Crippen molar-refractivity contribution in [1.29, 1.82) is 0 Å². The Labute approximate surface area is 247 Å². The maximum atomic E-state index is 14.5. The highest BCUT2D eigenvalue weighted by molar-refractivity contribution is 7.21. The number of Topliss-reactive ketones (excluding diaryl/α,β-unsaturated/α-hetero) is 1. The van der Waals surface area contributed by atoms with Crippen LogP contribution in [0.5, 0.6) is 5.75 Å². The lowest BCUT2D eigenvalue weighted by atomic mass is 10.0. The molecule has 0 aliphatic heterocycles. The van der Waals surface area contributed by atoms with Gasteiger partial charge in [-0.1, -0.05) is 25.2 Å². The molecule has 10 nitrogen and oxygen atoms in total. The largest absolute Gasteiger partial charge is 0.496 e. The van der Waals surface area contributed by atoms with E-state index in [-0.39, 0.29) is 31.3 Å². The number of carbonyl (C=O) groups excluding carboxylic acids is 1. The van der Waals surface area contributed by atoms with Crippen LogP contribution in [0.25, 0.3) is 15.2 Å². The Morgan fingerprint density at radius 2 is 1.90 bits per heavy atom. The van der Waals surface area contributed by atoms with Crippen LogP contribution in [0.3, 0.4) is 0 Å². The van der Waals surface area contributed by atoms with Crippen molar-refractivity contribution in [1.82, 2.24) is 18.9 Å². The van der Waals surface area contributed by atoms with Gasteiger partial charge in [-0.15, -0.1) is 0 Å². The Hall–Kier alpha value is -3.61. The van der Waals surface area contributed by atoms with Crippen molar-refractivity contribution in [3.63, 3.8) is 0 Å². The van der Waals surface area contributed by atoms with E-state index in [1.807, 2.05) is 13.8 Å². The van der Waals surface area contributed by atoms with Gasteiger partial charge in [-0.3, -0.25) is 14.2 Å². The van der Waals surface area contributed by atoms with Crippen molar-refractivity contribution in [3.05, 3.63) is 74.4 Å². The van der Waals surface area contributed by atoms with Gasteiger partial charge in [0.25, 0.3) is 5.56 Å². The number of methoxy groups -OCH3 is 2. The topological polar surface area (TPSA) is 107 Å². The third kappa shape index (κ3) is 6.40. The van der Waals surface area contributed by atoms with Crippen LogP contribution in [-0.4, -0.2) is 52.1 Å². The molecule has 0 saturated heterocycles. The average molecular weight is 601 g/mol. The van der Waals surface area contributed by atoms with Crippen LogP contribution in [0, 0.1) is 18.7 Å². The molecule has 3 aromatic heterocycles. The second-order valence-electron chi connectivity index (χ2n) is 10.6. The molecule has 1 unspecified atom stereocenters. The third-order valence-electron chi connectivity index (χ3n) is 7.09. The lowest BCUT2D eigenvalue weighted by molar-refractivity contribution is -0.122. The van der Waals surface area contributed by atoms with Crippen LogP contribution in [0.15, 0.2) is 46.2 Å². The maximum absolute atomic E-state index is 14.5. The predicted octanol–water partition coefficient (Wildman–Crippen LogP) is 4.84. The Morgan fingerprint density at radius 3 is 2.55 bits per heavy atom. The van der Waals surface area contributed by atoms with Gasteiger partial charge in [0.2, 0.25) is 0 Å². The van der Waals surface area contributed by atoms with Gasteiger partial charge in [-0.2, -0.15) is 5.10 Å². The van der Waals surface area contributed by atoms with E-state index in [2.05, 4.69) is 5.10 Å². The number of nitrogens with zero attached hydrogens (tertiary/aromatic N) is 4. The van der Waals surface area contributed by atoms with Gasteiger partial charge in [-0.05, 0) is 50.5 Å². The number of benzene rings is 1. The molecule has 0 aliphatic rings. The number of aromatic nitrogens is 4. The van der Waals surface area contributed by atoms with Crippen LogP contribution in [0.1, 0.15) is 56.9 Å². The number of aryl methyl sites for hydroxylation is 1. The summed E-state index contributed by atoms with van der Waals surface area (Å²) in [5, 5.41) is 5.31. The van der Waals surface area contributed by atoms with Crippen molar-refractivity contribution >= 4 is 27.3 Å². The summed E-state index contributed by atoms with van der Waals surface area (Å²) >= 11 is 1.24. The van der Waals surface area contributed by atoms with Crippen LogP contribution >= 0.6 is 11.3 Å². The van der Waals surface area contributed by atoms with Crippen LogP contribution in [0.4, 0.5) is 4.39 Å². The Kier molecular flexibility index (Phi) is 10.1. The fourth-order valence-electron chi connectivity index (χ4n) is 4.97. The molecule has 0 amide bonds. The van der Waals surface area contributed by atoms with Crippen molar-refractivity contribution in [2.24, 2.45) is 5.92 Å². The van der Waals surface area contributed by atoms with Gasteiger partial charge in [0, 0.05) is 50.3 Å². The number of hydrogen-bond acceptors (Lipinski definition) is 8. The first-order valence-electron chi connectivity index (χ1n) is 13.8. The van der Waals surface area contributed by atoms with Crippen molar-refractivity contribution in [3.8, 4) is 10.8 Å². The van der Waals surface area contributed by atoms with Crippen LogP contribution < -0.4 is 16.0 Å². The Morgan fingerprint density at radius 1 is 1.14 bits per heavy atom. The number of hydrogen-bond donors (Lipinski definition) is 0. The molecular weight excluding hydrogens is 563 g/mol. The van der Waals surface area contributed by atoms with E-state index in [1.54, 1.807) is 44.1 Å². The summed E-state index contributed by atoms with van der Waals surface area (Å²) in [6.45, 7) is 7.85. The minimum absolute atomic E-state index is 0.0567. The van der Waals surface area contributed by atoms with Crippen LogP contribution in [0.2, 0.25) is 0 Å². The highest BCUT2D eigenvalue weighted by Gasteiger charge is 2.28. The number of carbonyl (C=O) groups is 1. The Balaban J connectivity index is 1.96. The number of rotatable bonds is 14. The monoisotopic (exact) mass is 600 g/mol. The number of fused-ring (bicyclic) bond motifs is 1. The van der Waals surface area contributed by atoms with Gasteiger partial charge in [0.05, 0.1) is 25.1 Å². The fraction of sp³-hybridized carbons (Fsp3) is 0.467. The molecule has 0 fully saturated rings. The van der Waals surface area contributed by atoms with Crippen LogP contribution in [-0.2, 0) is 20.8 Å². The first-order valence-corrected chi connectivity index (χ1v) is 14.7. The summed E-state index contributed by atoms with van der Waals surface area (Å²) in [6.07, 6.45) is 3.35. The molecule has 4 aromatic rings. The predicted molar refractivity (Wildman–Crippen MR) is 160 cm³/mol. The molecule has 0 radical (unpaired) electrons. The van der Waals surface area contributed by atoms with E-state index >= 15 is 0 Å². The molecule has 2 atom stereocenters. The number of ketones is 1. The summed E-state index contributed by atoms with van der Waals surface area (Å²) in [6, 6.07) is 4.90. The summed E-state index contributed by atoms with van der Waals surface area (Å²) in [7, 11) is 3.06. The highest BCUT2D eigenvalue weighted by Crippen LogP contribution is 2.34. The Bertz CT molecular complexity index is 1660. The molecule has 0 N–H and O–H groups in total. The zero-order chi connectivity index (χ0) is 30.6. The number of thiophene rings is 1. The molecule has 0 aliphatic carbocycles. The molecule has 1 aromatic carbocycles. The molecule has 226 valence electrons. The SMILES string of the molecule is COCCCO[C@@H](Cn1c(=O)n(C(C)C(=O)CC(C)C)c(=O)c2c(C)c(-n3cccn3)sc21)c1cc(F)ccc1OC. The van der Waals surface area contributed by atoms with Crippen molar-refractivity contribution in [2.75, 3.05) is 27.4 Å². The quantitative estimate of drug-likeness (QED) is 0.191. The third-order valence-corrected chi connectivity index (χ3v) is 8.40. The average Bonchev–Trinajstić information content (AvgIpc) is 3.60.